The molecule has 0 bridgehead atoms. The molecule has 0 fully saturated rings. The topological polar surface area (TPSA) is 110 Å². The van der Waals surface area contributed by atoms with Crippen molar-refractivity contribution in [1.29, 1.82) is 5.26 Å². The first-order valence-corrected chi connectivity index (χ1v) is 11.6. The molecule has 2 aromatic heterocycles. The Balaban J connectivity index is 1.59. The quantitative estimate of drug-likeness (QED) is 0.223. The number of anilines is 3. The maximum atomic E-state index is 13.7. The Morgan fingerprint density at radius 3 is 2.56 bits per heavy atom. The largest absolute Gasteiger partial charge is 0.373 e. The first-order chi connectivity index (χ1) is 17.4. The number of aryl methyl sites for hydroxylation is 1. The van der Waals surface area contributed by atoms with Crippen LogP contribution in [0.1, 0.15) is 22.9 Å². The smallest absolute Gasteiger partial charge is 0.141 e. The average molecular weight is 521 g/mol. The van der Waals surface area contributed by atoms with Gasteiger partial charge in [0.2, 0.25) is 0 Å². The van der Waals surface area contributed by atoms with Crippen LogP contribution in [0.3, 0.4) is 0 Å². The van der Waals surface area contributed by atoms with Crippen molar-refractivity contribution in [3.8, 4) is 6.07 Å². The van der Waals surface area contributed by atoms with E-state index in [1.807, 2.05) is 25.1 Å². The van der Waals surface area contributed by atoms with Crippen molar-refractivity contribution >= 4 is 51.2 Å². The fraction of sp³-hybridized carbons (Fsp3) is 0.0800. The van der Waals surface area contributed by atoms with Crippen molar-refractivity contribution in [1.82, 2.24) is 26.4 Å². The highest BCUT2D eigenvalue weighted by Crippen LogP contribution is 2.37. The predicted octanol–water partition coefficient (Wildman–Crippen LogP) is 5.61. The number of hydrazine groups is 2. The molecule has 2 aromatic carbocycles. The lowest BCUT2D eigenvalue weighted by atomic mass is 10.0. The molecule has 8 nitrogen and oxygen atoms in total. The Morgan fingerprint density at radius 1 is 1.03 bits per heavy atom. The second kappa shape index (κ2) is 9.87. The molecule has 0 unspecified atom stereocenters. The van der Waals surface area contributed by atoms with Crippen LogP contribution in [0.25, 0.3) is 10.9 Å². The van der Waals surface area contributed by atoms with E-state index in [0.29, 0.717) is 38.6 Å². The highest BCUT2D eigenvalue weighted by molar-refractivity contribution is 6.36. The van der Waals surface area contributed by atoms with Crippen molar-refractivity contribution in [3.05, 3.63) is 99.4 Å². The Labute approximate surface area is 216 Å². The van der Waals surface area contributed by atoms with Crippen molar-refractivity contribution < 1.29 is 4.39 Å². The van der Waals surface area contributed by atoms with E-state index in [1.165, 1.54) is 24.4 Å². The molecule has 3 heterocycles. The van der Waals surface area contributed by atoms with Gasteiger partial charge in [-0.05, 0) is 48.9 Å². The minimum atomic E-state index is -0.535. The predicted molar refractivity (Wildman–Crippen MR) is 139 cm³/mol. The molecule has 0 saturated carbocycles. The van der Waals surface area contributed by atoms with Gasteiger partial charge in [-0.15, -0.1) is 0 Å². The molecule has 0 spiro atoms. The van der Waals surface area contributed by atoms with Crippen molar-refractivity contribution in [2.75, 3.05) is 10.6 Å². The average Bonchev–Trinajstić information content (AvgIpc) is 3.40. The van der Waals surface area contributed by atoms with Gasteiger partial charge in [0.25, 0.3) is 0 Å². The van der Waals surface area contributed by atoms with Gasteiger partial charge >= 0.3 is 0 Å². The fourth-order valence-electron chi connectivity index (χ4n) is 3.85. The third kappa shape index (κ3) is 4.70. The van der Waals surface area contributed by atoms with Crippen molar-refractivity contribution in [3.63, 3.8) is 0 Å². The molecule has 5 rings (SSSR count). The molecule has 1 aliphatic rings. The third-order valence-electron chi connectivity index (χ3n) is 5.63. The van der Waals surface area contributed by atoms with Crippen LogP contribution in [0.4, 0.5) is 21.5 Å². The third-order valence-corrected chi connectivity index (χ3v) is 6.21. The Bertz CT molecular complexity index is 1530. The highest BCUT2D eigenvalue weighted by atomic mass is 35.5. The van der Waals surface area contributed by atoms with E-state index in [1.54, 1.807) is 18.5 Å². The molecule has 11 heteroatoms. The summed E-state index contributed by atoms with van der Waals surface area (Å²) in [6.07, 6.45) is 5.05. The summed E-state index contributed by atoms with van der Waals surface area (Å²) in [7, 11) is 0. The lowest BCUT2D eigenvalue weighted by Crippen LogP contribution is -2.33. The number of benzene rings is 2. The van der Waals surface area contributed by atoms with Crippen molar-refractivity contribution in [2.45, 2.75) is 13.0 Å². The van der Waals surface area contributed by atoms with Crippen LogP contribution in [0.5, 0.6) is 0 Å². The molecule has 1 atom stereocenters. The number of aromatic nitrogens is 2. The summed E-state index contributed by atoms with van der Waals surface area (Å²) in [6.45, 7) is 1.92. The normalized spacial score (nSPS) is 13.4. The number of halogens is 3. The van der Waals surface area contributed by atoms with Crippen LogP contribution < -0.4 is 27.0 Å². The zero-order valence-electron chi connectivity index (χ0n) is 18.8. The van der Waals surface area contributed by atoms with E-state index in [4.69, 9.17) is 23.2 Å². The lowest BCUT2D eigenvalue weighted by molar-refractivity contribution is 0.583. The van der Waals surface area contributed by atoms with Gasteiger partial charge in [-0.1, -0.05) is 29.3 Å². The highest BCUT2D eigenvalue weighted by Gasteiger charge is 2.21. The van der Waals surface area contributed by atoms with E-state index in [9.17, 15) is 9.65 Å². The summed E-state index contributed by atoms with van der Waals surface area (Å²) in [4.78, 5) is 8.81. The van der Waals surface area contributed by atoms with Crippen LogP contribution in [-0.4, -0.2) is 9.97 Å². The number of pyridine rings is 2. The van der Waals surface area contributed by atoms with Gasteiger partial charge in [-0.25, -0.2) is 4.39 Å². The summed E-state index contributed by atoms with van der Waals surface area (Å²) in [6, 6.07) is 13.6. The Morgan fingerprint density at radius 2 is 1.86 bits per heavy atom. The van der Waals surface area contributed by atoms with Gasteiger partial charge in [0.15, 0.2) is 0 Å². The number of rotatable bonds is 6. The Hall–Kier alpha value is -4.10. The molecule has 36 heavy (non-hydrogen) atoms. The molecule has 0 aliphatic carbocycles. The summed E-state index contributed by atoms with van der Waals surface area (Å²) >= 11 is 12.6. The number of nitrogens with one attached hydrogen (secondary N) is 5. The van der Waals surface area contributed by atoms with Gasteiger partial charge in [-0.2, -0.15) is 10.8 Å². The number of nitrogens with zero attached hydrogens (tertiary/aromatic N) is 3. The van der Waals surface area contributed by atoms with Crippen LogP contribution in [-0.2, 0) is 0 Å². The number of nitriles is 1. The SMILES string of the molecule is Cc1ccc([C@H](Nc2cc(Cl)c3ncc(C#N)c(Nc4ccc(F)c(Cl)c4)c3c2)C2=CNNN2)cn1. The monoisotopic (exact) mass is 520 g/mol. The molecule has 4 aromatic rings. The number of hydrogen-bond donors (Lipinski definition) is 5. The molecule has 180 valence electrons. The van der Waals surface area contributed by atoms with Gasteiger partial charge in [0.05, 0.1) is 38.6 Å². The maximum absolute atomic E-state index is 13.7. The molecular weight excluding hydrogens is 502 g/mol. The van der Waals surface area contributed by atoms with E-state index in [0.717, 1.165) is 17.0 Å². The van der Waals surface area contributed by atoms with Crippen LogP contribution in [0, 0.1) is 24.1 Å². The minimum absolute atomic E-state index is 0.0358. The molecule has 0 saturated heterocycles. The van der Waals surface area contributed by atoms with E-state index >= 15 is 0 Å². The summed E-state index contributed by atoms with van der Waals surface area (Å²) in [5.74, 6) is -0.535. The van der Waals surface area contributed by atoms with E-state index in [2.05, 4.69) is 43.1 Å². The first-order valence-electron chi connectivity index (χ1n) is 10.8. The molecule has 1 aliphatic heterocycles. The zero-order valence-corrected chi connectivity index (χ0v) is 20.3. The second-order valence-corrected chi connectivity index (χ2v) is 8.89. The van der Waals surface area contributed by atoms with Crippen molar-refractivity contribution in [2.24, 2.45) is 0 Å². The van der Waals surface area contributed by atoms with Crippen LogP contribution in [0.2, 0.25) is 10.0 Å². The fourth-order valence-corrected chi connectivity index (χ4v) is 4.30. The lowest BCUT2D eigenvalue weighted by Gasteiger charge is -2.22. The molecule has 0 amide bonds. The molecule has 0 radical (unpaired) electrons. The van der Waals surface area contributed by atoms with Gasteiger partial charge < -0.3 is 21.5 Å². The first kappa shape index (κ1) is 23.6. The van der Waals surface area contributed by atoms with Crippen LogP contribution >= 0.6 is 23.2 Å². The number of hydrogen-bond acceptors (Lipinski definition) is 8. The van der Waals surface area contributed by atoms with Crippen LogP contribution in [0.15, 0.2) is 66.8 Å². The van der Waals surface area contributed by atoms with E-state index in [-0.39, 0.29) is 11.1 Å². The standard InChI is InChI=1S/C25H19Cl2FN8/c1-13-2-3-14(10-30-13)24(22-12-32-36-35-22)34-17-6-18-23(33-16-4-5-21(28)19(26)7-16)15(9-29)11-31-25(18)20(27)8-17/h2-8,10-12,24,32,34-36H,1H3,(H,31,33)/t24-/m0/s1. The number of fused-ring (bicyclic) bond motifs is 1. The van der Waals surface area contributed by atoms with E-state index < -0.39 is 5.82 Å². The summed E-state index contributed by atoms with van der Waals surface area (Å²) in [5, 5.41) is 17.4. The molecule has 5 N–H and O–H groups in total. The summed E-state index contributed by atoms with van der Waals surface area (Å²) in [5.41, 5.74) is 14.0. The van der Waals surface area contributed by atoms with Gasteiger partial charge in [0, 0.05) is 41.0 Å². The Kier molecular flexibility index (Phi) is 6.48. The molecular formula is C25H19Cl2FN8. The minimum Gasteiger partial charge on any atom is -0.373 e. The van der Waals surface area contributed by atoms with Gasteiger partial charge in [0.1, 0.15) is 11.9 Å². The zero-order chi connectivity index (χ0) is 25.2. The second-order valence-electron chi connectivity index (χ2n) is 8.07. The summed E-state index contributed by atoms with van der Waals surface area (Å²) < 4.78 is 13.7. The van der Waals surface area contributed by atoms with Gasteiger partial charge in [-0.3, -0.25) is 9.97 Å². The maximum Gasteiger partial charge on any atom is 0.141 e.